The molecule has 0 aromatic heterocycles. The van der Waals surface area contributed by atoms with E-state index in [1.165, 1.54) is 0 Å². The molecule has 0 aromatic carbocycles. The second kappa shape index (κ2) is 4.94. The van der Waals surface area contributed by atoms with Gasteiger partial charge in [0, 0.05) is 18.9 Å². The highest BCUT2D eigenvalue weighted by Crippen LogP contribution is 2.20. The zero-order chi connectivity index (χ0) is 10.7. The van der Waals surface area contributed by atoms with Crippen molar-refractivity contribution in [2.75, 3.05) is 19.8 Å². The Morgan fingerprint density at radius 2 is 2.07 bits per heavy atom. The van der Waals surface area contributed by atoms with Crippen molar-refractivity contribution in [3.8, 4) is 0 Å². The number of carbonyl (C=O) groups is 1. The van der Waals surface area contributed by atoms with Gasteiger partial charge < -0.3 is 14.8 Å². The Morgan fingerprint density at radius 1 is 1.33 bits per heavy atom. The molecule has 0 radical (unpaired) electrons. The van der Waals surface area contributed by atoms with E-state index in [0.717, 1.165) is 39.0 Å². The molecule has 0 spiro atoms. The number of ether oxygens (including phenoxy) is 2. The van der Waals surface area contributed by atoms with Crippen molar-refractivity contribution in [1.82, 2.24) is 5.32 Å². The maximum absolute atomic E-state index is 11.8. The lowest BCUT2D eigenvalue weighted by Gasteiger charge is -2.24. The van der Waals surface area contributed by atoms with Gasteiger partial charge in [0.2, 0.25) is 0 Å². The second-order valence-corrected chi connectivity index (χ2v) is 4.39. The molecule has 4 heteroatoms. The number of rotatable bonds is 2. The molecule has 4 nitrogen and oxygen atoms in total. The Morgan fingerprint density at radius 3 is 2.67 bits per heavy atom. The Balaban J connectivity index is 1.80. The molecule has 2 unspecified atom stereocenters. The van der Waals surface area contributed by atoms with E-state index in [1.807, 2.05) is 6.92 Å². The van der Waals surface area contributed by atoms with Crippen LogP contribution in [0.5, 0.6) is 0 Å². The lowest BCUT2D eigenvalue weighted by Crippen LogP contribution is -2.33. The summed E-state index contributed by atoms with van der Waals surface area (Å²) in [5.74, 6) is 0.0206. The quantitative estimate of drug-likeness (QED) is 0.686. The van der Waals surface area contributed by atoms with E-state index >= 15 is 0 Å². The molecule has 86 valence electrons. The van der Waals surface area contributed by atoms with Gasteiger partial charge >= 0.3 is 5.97 Å². The first-order chi connectivity index (χ1) is 7.27. The van der Waals surface area contributed by atoms with Gasteiger partial charge in [-0.2, -0.15) is 0 Å². The van der Waals surface area contributed by atoms with Gasteiger partial charge in [0.25, 0.3) is 0 Å². The topological polar surface area (TPSA) is 47.6 Å². The molecule has 2 saturated heterocycles. The van der Waals surface area contributed by atoms with E-state index in [-0.39, 0.29) is 24.0 Å². The fourth-order valence-corrected chi connectivity index (χ4v) is 2.23. The summed E-state index contributed by atoms with van der Waals surface area (Å²) < 4.78 is 10.7. The lowest BCUT2D eigenvalue weighted by atomic mass is 10.0. The minimum Gasteiger partial charge on any atom is -0.462 e. The molecule has 0 aromatic rings. The van der Waals surface area contributed by atoms with Crippen LogP contribution < -0.4 is 5.32 Å². The van der Waals surface area contributed by atoms with Crippen LogP contribution in [0.2, 0.25) is 0 Å². The number of esters is 1. The molecule has 0 saturated carbocycles. The Kier molecular flexibility index (Phi) is 3.59. The fourth-order valence-electron chi connectivity index (χ4n) is 2.23. The maximum atomic E-state index is 11.8. The van der Waals surface area contributed by atoms with Crippen LogP contribution in [-0.2, 0) is 14.3 Å². The fraction of sp³-hybridized carbons (Fsp3) is 0.909. The van der Waals surface area contributed by atoms with Crippen LogP contribution in [0, 0.1) is 5.92 Å². The molecule has 2 rings (SSSR count). The van der Waals surface area contributed by atoms with Gasteiger partial charge in [-0.05, 0) is 19.9 Å². The zero-order valence-corrected chi connectivity index (χ0v) is 9.20. The van der Waals surface area contributed by atoms with Crippen LogP contribution in [0.15, 0.2) is 0 Å². The largest absolute Gasteiger partial charge is 0.462 e. The summed E-state index contributed by atoms with van der Waals surface area (Å²) in [5.41, 5.74) is 0. The summed E-state index contributed by atoms with van der Waals surface area (Å²) in [6.07, 6.45) is 2.68. The second-order valence-electron chi connectivity index (χ2n) is 4.39. The van der Waals surface area contributed by atoms with Gasteiger partial charge in [-0.25, -0.2) is 0 Å². The highest BCUT2D eigenvalue weighted by molar-refractivity contribution is 5.73. The average molecular weight is 213 g/mol. The third kappa shape index (κ3) is 2.69. The minimum atomic E-state index is -0.0283. The molecular weight excluding hydrogens is 194 g/mol. The monoisotopic (exact) mass is 213 g/mol. The Hall–Kier alpha value is -0.610. The molecule has 2 aliphatic heterocycles. The zero-order valence-electron chi connectivity index (χ0n) is 9.20. The SMILES string of the molecule is CC1NCCC1C(=O)OC1CCOCC1. The van der Waals surface area contributed by atoms with Crippen molar-refractivity contribution in [3.63, 3.8) is 0 Å². The molecule has 0 aliphatic carbocycles. The van der Waals surface area contributed by atoms with Crippen molar-refractivity contribution >= 4 is 5.97 Å². The van der Waals surface area contributed by atoms with Crippen molar-refractivity contribution in [3.05, 3.63) is 0 Å². The van der Waals surface area contributed by atoms with E-state index in [0.29, 0.717) is 0 Å². The predicted molar refractivity (Wildman–Crippen MR) is 55.5 cm³/mol. The molecule has 2 aliphatic rings. The van der Waals surface area contributed by atoms with Gasteiger partial charge in [0.05, 0.1) is 19.1 Å². The van der Waals surface area contributed by atoms with Crippen LogP contribution in [0.4, 0.5) is 0 Å². The smallest absolute Gasteiger partial charge is 0.310 e. The van der Waals surface area contributed by atoms with Crippen LogP contribution in [0.3, 0.4) is 0 Å². The molecule has 15 heavy (non-hydrogen) atoms. The minimum absolute atomic E-state index is 0.0283. The summed E-state index contributed by atoms with van der Waals surface area (Å²) in [6.45, 7) is 4.41. The van der Waals surface area contributed by atoms with Crippen molar-refractivity contribution in [1.29, 1.82) is 0 Å². The van der Waals surface area contributed by atoms with E-state index in [9.17, 15) is 4.79 Å². The highest BCUT2D eigenvalue weighted by atomic mass is 16.6. The van der Waals surface area contributed by atoms with Crippen molar-refractivity contribution < 1.29 is 14.3 Å². The number of hydrogen-bond donors (Lipinski definition) is 1. The summed E-state index contributed by atoms with van der Waals surface area (Å²) in [5, 5.41) is 3.26. The van der Waals surface area contributed by atoms with Crippen molar-refractivity contribution in [2.45, 2.75) is 38.3 Å². The molecular formula is C11H19NO3. The first kappa shape index (κ1) is 10.9. The number of hydrogen-bond acceptors (Lipinski definition) is 4. The summed E-state index contributed by atoms with van der Waals surface area (Å²) in [4.78, 5) is 11.8. The van der Waals surface area contributed by atoms with Gasteiger partial charge in [-0.3, -0.25) is 4.79 Å². The molecule has 2 fully saturated rings. The van der Waals surface area contributed by atoms with Crippen LogP contribution >= 0.6 is 0 Å². The molecule has 0 bridgehead atoms. The van der Waals surface area contributed by atoms with Crippen LogP contribution in [0.1, 0.15) is 26.2 Å². The van der Waals surface area contributed by atoms with E-state index in [1.54, 1.807) is 0 Å². The van der Waals surface area contributed by atoms with Gasteiger partial charge in [0.1, 0.15) is 6.10 Å². The first-order valence-electron chi connectivity index (χ1n) is 5.79. The van der Waals surface area contributed by atoms with Crippen LogP contribution in [0.25, 0.3) is 0 Å². The number of nitrogens with one attached hydrogen (secondary N) is 1. The van der Waals surface area contributed by atoms with E-state index < -0.39 is 0 Å². The Bertz CT molecular complexity index is 226. The molecule has 2 atom stereocenters. The lowest BCUT2D eigenvalue weighted by molar-refractivity contribution is -0.158. The summed E-state index contributed by atoms with van der Waals surface area (Å²) in [6, 6.07) is 0.261. The van der Waals surface area contributed by atoms with Gasteiger partial charge in [-0.1, -0.05) is 0 Å². The van der Waals surface area contributed by atoms with Crippen molar-refractivity contribution in [2.24, 2.45) is 5.92 Å². The molecule has 1 N–H and O–H groups in total. The third-order valence-electron chi connectivity index (χ3n) is 3.28. The van der Waals surface area contributed by atoms with E-state index in [4.69, 9.17) is 9.47 Å². The van der Waals surface area contributed by atoms with Crippen LogP contribution in [-0.4, -0.2) is 37.9 Å². The highest BCUT2D eigenvalue weighted by Gasteiger charge is 2.32. The average Bonchev–Trinajstić information content (AvgIpc) is 2.66. The Labute approximate surface area is 90.3 Å². The predicted octanol–water partition coefficient (Wildman–Crippen LogP) is 0.707. The standard InChI is InChI=1S/C11H19NO3/c1-8-10(2-5-12-8)11(13)15-9-3-6-14-7-4-9/h8-10,12H,2-7H2,1H3. The first-order valence-corrected chi connectivity index (χ1v) is 5.79. The number of carbonyl (C=O) groups excluding carboxylic acids is 1. The van der Waals surface area contributed by atoms with Gasteiger partial charge in [0.15, 0.2) is 0 Å². The normalized spacial score (nSPS) is 32.9. The van der Waals surface area contributed by atoms with Gasteiger partial charge in [-0.15, -0.1) is 0 Å². The molecule has 0 amide bonds. The molecule has 2 heterocycles. The third-order valence-corrected chi connectivity index (χ3v) is 3.28. The summed E-state index contributed by atoms with van der Waals surface area (Å²) in [7, 11) is 0. The maximum Gasteiger partial charge on any atom is 0.310 e. The summed E-state index contributed by atoms with van der Waals surface area (Å²) >= 11 is 0. The van der Waals surface area contributed by atoms with E-state index in [2.05, 4.69) is 5.32 Å².